The van der Waals surface area contributed by atoms with E-state index in [1.54, 1.807) is 24.5 Å². The number of hydrogen-bond acceptors (Lipinski definition) is 4. The van der Waals surface area contributed by atoms with E-state index in [-0.39, 0.29) is 29.6 Å². The van der Waals surface area contributed by atoms with Crippen LogP contribution in [0.2, 0.25) is 0 Å². The molecule has 3 heterocycles. The second-order valence-electron chi connectivity index (χ2n) is 7.60. The molecule has 3 aliphatic heterocycles. The van der Waals surface area contributed by atoms with Crippen LogP contribution in [0.25, 0.3) is 6.08 Å². The van der Waals surface area contributed by atoms with Crippen LogP contribution in [0, 0.1) is 22.6 Å². The first-order valence-electron chi connectivity index (χ1n) is 9.92. The lowest BCUT2D eigenvalue weighted by molar-refractivity contribution is -0.135. The number of nitriles is 1. The van der Waals surface area contributed by atoms with E-state index in [4.69, 9.17) is 14.7 Å². The van der Waals surface area contributed by atoms with Crippen LogP contribution in [-0.2, 0) is 20.7 Å². The van der Waals surface area contributed by atoms with Gasteiger partial charge in [0.2, 0.25) is 5.91 Å². The van der Waals surface area contributed by atoms with Crippen molar-refractivity contribution in [3.63, 3.8) is 0 Å². The maximum atomic E-state index is 13.8. The molecule has 0 aromatic heterocycles. The molecule has 2 fully saturated rings. The molecule has 5 nitrogen and oxygen atoms in total. The third kappa shape index (κ3) is 4.53. The fourth-order valence-corrected chi connectivity index (χ4v) is 3.67. The van der Waals surface area contributed by atoms with E-state index in [0.717, 1.165) is 37.8 Å². The highest BCUT2D eigenvalue weighted by molar-refractivity contribution is 5.80. The first kappa shape index (κ1) is 20.3. The average Bonchev–Trinajstić information content (AvgIpc) is 2.67. The SMILES string of the molecule is CCC1(C#N)COC1.O=C1Cc2cccc(F)c2/C=C\OC[C@@H]2CCCCN12. The third-order valence-electron chi connectivity index (χ3n) is 5.72. The summed E-state index contributed by atoms with van der Waals surface area (Å²) >= 11 is 0. The van der Waals surface area contributed by atoms with Gasteiger partial charge >= 0.3 is 0 Å². The molecule has 3 aliphatic rings. The van der Waals surface area contributed by atoms with Crippen LogP contribution in [0.4, 0.5) is 4.39 Å². The third-order valence-corrected chi connectivity index (χ3v) is 5.72. The van der Waals surface area contributed by atoms with Crippen LogP contribution in [0.3, 0.4) is 0 Å². The molecule has 1 amide bonds. The van der Waals surface area contributed by atoms with Gasteiger partial charge in [0.1, 0.15) is 17.8 Å². The van der Waals surface area contributed by atoms with Crippen molar-refractivity contribution >= 4 is 12.0 Å². The molecular formula is C22H27FN2O3. The molecule has 4 rings (SSSR count). The lowest BCUT2D eigenvalue weighted by Gasteiger charge is -2.35. The Morgan fingerprint density at radius 2 is 2.18 bits per heavy atom. The first-order valence-corrected chi connectivity index (χ1v) is 9.92. The van der Waals surface area contributed by atoms with E-state index in [9.17, 15) is 9.18 Å². The number of benzene rings is 1. The number of carbonyl (C=O) groups is 1. The zero-order chi connectivity index (χ0) is 20.0. The van der Waals surface area contributed by atoms with Crippen LogP contribution >= 0.6 is 0 Å². The molecule has 0 spiro atoms. The maximum absolute atomic E-state index is 13.8. The molecule has 28 heavy (non-hydrogen) atoms. The van der Waals surface area contributed by atoms with E-state index in [1.807, 2.05) is 11.8 Å². The highest BCUT2D eigenvalue weighted by Crippen LogP contribution is 2.29. The molecule has 6 heteroatoms. The van der Waals surface area contributed by atoms with Gasteiger partial charge in [0, 0.05) is 12.1 Å². The van der Waals surface area contributed by atoms with Gasteiger partial charge in [-0.25, -0.2) is 4.39 Å². The summed E-state index contributed by atoms with van der Waals surface area (Å²) in [6.45, 7) is 4.57. The smallest absolute Gasteiger partial charge is 0.227 e. The Hall–Kier alpha value is -2.39. The zero-order valence-electron chi connectivity index (χ0n) is 16.3. The van der Waals surface area contributed by atoms with Crippen molar-refractivity contribution in [2.45, 2.75) is 45.1 Å². The topological polar surface area (TPSA) is 62.6 Å². The molecule has 0 aliphatic carbocycles. The Bertz CT molecular complexity index is 762. The minimum atomic E-state index is -0.314. The molecule has 1 aromatic rings. The van der Waals surface area contributed by atoms with Gasteiger partial charge in [0.25, 0.3) is 0 Å². The second kappa shape index (κ2) is 9.20. The van der Waals surface area contributed by atoms with Crippen molar-refractivity contribution in [3.05, 3.63) is 41.4 Å². The summed E-state index contributed by atoms with van der Waals surface area (Å²) in [5.74, 6) is -0.244. The predicted octanol–water partition coefficient (Wildman–Crippen LogP) is 3.69. The summed E-state index contributed by atoms with van der Waals surface area (Å²) in [5, 5.41) is 8.51. The lowest BCUT2D eigenvalue weighted by atomic mass is 9.85. The Labute approximate surface area is 165 Å². The van der Waals surface area contributed by atoms with Crippen molar-refractivity contribution in [2.75, 3.05) is 26.4 Å². The number of halogens is 1. The zero-order valence-corrected chi connectivity index (χ0v) is 16.3. The van der Waals surface area contributed by atoms with Gasteiger partial charge in [-0.1, -0.05) is 19.1 Å². The number of carbonyl (C=O) groups excluding carboxylic acids is 1. The van der Waals surface area contributed by atoms with Gasteiger partial charge in [0.15, 0.2) is 0 Å². The largest absolute Gasteiger partial charge is 0.499 e. The summed E-state index contributed by atoms with van der Waals surface area (Å²) in [6, 6.07) is 7.25. The number of nitrogens with zero attached hydrogens (tertiary/aromatic N) is 2. The number of amides is 1. The van der Waals surface area contributed by atoms with Gasteiger partial charge in [-0.15, -0.1) is 0 Å². The van der Waals surface area contributed by atoms with Crippen LogP contribution in [0.5, 0.6) is 0 Å². The van der Waals surface area contributed by atoms with Crippen molar-refractivity contribution < 1.29 is 18.7 Å². The van der Waals surface area contributed by atoms with Crippen LogP contribution in [0.15, 0.2) is 24.5 Å². The minimum Gasteiger partial charge on any atom is -0.499 e. The van der Waals surface area contributed by atoms with Crippen molar-refractivity contribution in [1.82, 2.24) is 4.90 Å². The monoisotopic (exact) mass is 386 g/mol. The second-order valence-corrected chi connectivity index (χ2v) is 7.60. The highest BCUT2D eigenvalue weighted by Gasteiger charge is 2.36. The van der Waals surface area contributed by atoms with E-state index >= 15 is 0 Å². The summed E-state index contributed by atoms with van der Waals surface area (Å²) in [4.78, 5) is 14.4. The standard InChI is InChI=1S/C16H18FNO2.C6H9NO/c17-15-6-3-4-12-10-16(19)18-8-2-1-5-13(18)11-20-9-7-14(12)15;1-2-6(3-7)4-8-5-6/h3-4,6-7,9,13H,1-2,5,8,10-11H2;2,4-5H2,1H3/b9-7-;/t13-;/m0./s1. The molecule has 0 radical (unpaired) electrons. The van der Waals surface area contributed by atoms with Gasteiger partial charge < -0.3 is 14.4 Å². The minimum absolute atomic E-state index is 0.0699. The van der Waals surface area contributed by atoms with E-state index < -0.39 is 0 Å². The number of hydrogen-bond donors (Lipinski definition) is 0. The van der Waals surface area contributed by atoms with Gasteiger partial charge in [-0.3, -0.25) is 4.79 Å². The summed E-state index contributed by atoms with van der Waals surface area (Å²) in [5.41, 5.74) is 1.07. The molecule has 1 atom stereocenters. The van der Waals surface area contributed by atoms with Gasteiger partial charge in [-0.2, -0.15) is 5.26 Å². The number of fused-ring (bicyclic) bond motifs is 2. The summed E-state index contributed by atoms with van der Waals surface area (Å²) in [7, 11) is 0. The fourth-order valence-electron chi connectivity index (χ4n) is 3.67. The molecule has 0 unspecified atom stereocenters. The maximum Gasteiger partial charge on any atom is 0.227 e. The van der Waals surface area contributed by atoms with Crippen molar-refractivity contribution in [2.24, 2.45) is 5.41 Å². The lowest BCUT2D eigenvalue weighted by Crippen LogP contribution is -2.46. The molecule has 2 saturated heterocycles. The number of rotatable bonds is 1. The normalized spacial score (nSPS) is 24.1. The van der Waals surface area contributed by atoms with Crippen LogP contribution in [0.1, 0.15) is 43.7 Å². The van der Waals surface area contributed by atoms with Crippen molar-refractivity contribution in [1.29, 1.82) is 5.26 Å². The molecule has 150 valence electrons. The van der Waals surface area contributed by atoms with Crippen LogP contribution in [-0.4, -0.2) is 43.2 Å². The van der Waals surface area contributed by atoms with Gasteiger partial charge in [0.05, 0.1) is 38.0 Å². The fraction of sp³-hybridized carbons (Fsp3) is 0.545. The Morgan fingerprint density at radius 3 is 2.82 bits per heavy atom. The van der Waals surface area contributed by atoms with Gasteiger partial charge in [-0.05, 0) is 43.4 Å². The molecular weight excluding hydrogens is 359 g/mol. The highest BCUT2D eigenvalue weighted by atomic mass is 19.1. The molecule has 1 aromatic carbocycles. The van der Waals surface area contributed by atoms with Crippen LogP contribution < -0.4 is 0 Å². The average molecular weight is 386 g/mol. The molecule has 0 N–H and O–H groups in total. The molecule has 0 saturated carbocycles. The van der Waals surface area contributed by atoms with E-state index in [1.165, 1.54) is 6.07 Å². The van der Waals surface area contributed by atoms with E-state index in [0.29, 0.717) is 25.4 Å². The Morgan fingerprint density at radius 1 is 1.36 bits per heavy atom. The summed E-state index contributed by atoms with van der Waals surface area (Å²) in [6.07, 6.45) is 7.49. The molecule has 0 bridgehead atoms. The first-order chi connectivity index (χ1) is 13.6. The van der Waals surface area contributed by atoms with Crippen molar-refractivity contribution in [3.8, 4) is 6.07 Å². The quantitative estimate of drug-likeness (QED) is 0.739. The van der Waals surface area contributed by atoms with E-state index in [2.05, 4.69) is 6.07 Å². The Kier molecular flexibility index (Phi) is 6.69. The summed E-state index contributed by atoms with van der Waals surface area (Å²) < 4.78 is 24.2. The Balaban J connectivity index is 0.000000236. The number of piperidine rings is 1. The number of ether oxygens (including phenoxy) is 2. The predicted molar refractivity (Wildman–Crippen MR) is 104 cm³/mol.